The van der Waals surface area contributed by atoms with Gasteiger partial charge in [0.2, 0.25) is 5.91 Å². The van der Waals surface area contributed by atoms with E-state index < -0.39 is 5.41 Å². The Bertz CT molecular complexity index is 804. The molecule has 0 saturated heterocycles. The molecule has 1 aromatic carbocycles. The van der Waals surface area contributed by atoms with Crippen molar-refractivity contribution >= 4 is 28.8 Å². The summed E-state index contributed by atoms with van der Waals surface area (Å²) < 4.78 is 0. The molecule has 132 valence electrons. The summed E-state index contributed by atoms with van der Waals surface area (Å²) in [5.74, 6) is -0.0532. The third kappa shape index (κ3) is 3.61. The minimum atomic E-state index is -0.475. The van der Waals surface area contributed by atoms with E-state index in [0.29, 0.717) is 11.3 Å². The van der Waals surface area contributed by atoms with E-state index in [2.05, 4.69) is 23.7 Å². The first-order chi connectivity index (χ1) is 11.8. The predicted molar refractivity (Wildman–Crippen MR) is 102 cm³/mol. The van der Waals surface area contributed by atoms with Crippen molar-refractivity contribution in [2.24, 2.45) is 5.41 Å². The minimum absolute atomic E-state index is 0.0104. The van der Waals surface area contributed by atoms with Gasteiger partial charge >= 0.3 is 0 Å². The van der Waals surface area contributed by atoms with Crippen LogP contribution in [0.25, 0.3) is 0 Å². The van der Waals surface area contributed by atoms with Gasteiger partial charge in [-0.25, -0.2) is 0 Å². The second-order valence-corrected chi connectivity index (χ2v) is 8.51. The molecule has 2 amide bonds. The Balaban J connectivity index is 1.79. The SMILES string of the molecule is CC1c2ccsc2CCN1C(=O)c1cccc(NC(=O)C(C)(C)C)c1. The van der Waals surface area contributed by atoms with Crippen molar-refractivity contribution in [1.29, 1.82) is 0 Å². The van der Waals surface area contributed by atoms with Crippen LogP contribution in [0.15, 0.2) is 35.7 Å². The zero-order valence-corrected chi connectivity index (χ0v) is 15.9. The van der Waals surface area contributed by atoms with Crippen LogP contribution in [0.3, 0.4) is 0 Å². The molecule has 0 fully saturated rings. The fourth-order valence-corrected chi connectivity index (χ4v) is 3.96. The molecule has 0 spiro atoms. The van der Waals surface area contributed by atoms with E-state index in [1.165, 1.54) is 10.4 Å². The monoisotopic (exact) mass is 356 g/mol. The summed E-state index contributed by atoms with van der Waals surface area (Å²) in [6.07, 6.45) is 0.906. The summed E-state index contributed by atoms with van der Waals surface area (Å²) in [4.78, 5) is 28.5. The number of anilines is 1. The first-order valence-electron chi connectivity index (χ1n) is 8.56. The Kier molecular flexibility index (Phi) is 4.69. The summed E-state index contributed by atoms with van der Waals surface area (Å²) in [7, 11) is 0. The Hall–Kier alpha value is -2.14. The Morgan fingerprint density at radius 1 is 1.24 bits per heavy atom. The molecule has 3 rings (SSSR count). The van der Waals surface area contributed by atoms with E-state index in [9.17, 15) is 9.59 Å². The number of amides is 2. The lowest BCUT2D eigenvalue weighted by Crippen LogP contribution is -2.38. The molecule has 0 bridgehead atoms. The van der Waals surface area contributed by atoms with Gasteiger partial charge in [-0.1, -0.05) is 26.8 Å². The van der Waals surface area contributed by atoms with E-state index in [1.807, 2.05) is 43.9 Å². The lowest BCUT2D eigenvalue weighted by atomic mass is 9.95. The minimum Gasteiger partial charge on any atom is -0.331 e. The molecule has 5 heteroatoms. The molecule has 4 nitrogen and oxygen atoms in total. The number of carbonyl (C=O) groups excluding carboxylic acids is 2. The Labute approximate surface area is 152 Å². The maximum atomic E-state index is 13.0. The van der Waals surface area contributed by atoms with Gasteiger partial charge in [0, 0.05) is 28.1 Å². The summed E-state index contributed by atoms with van der Waals surface area (Å²) in [5, 5.41) is 4.99. The van der Waals surface area contributed by atoms with E-state index in [0.717, 1.165) is 13.0 Å². The lowest BCUT2D eigenvalue weighted by molar-refractivity contribution is -0.123. The standard InChI is InChI=1S/C20H24N2O2S/c1-13-16-9-11-25-17(16)8-10-22(13)18(23)14-6-5-7-15(12-14)21-19(24)20(2,3)4/h5-7,9,11-13H,8,10H2,1-4H3,(H,21,24). The Morgan fingerprint density at radius 2 is 2.00 bits per heavy atom. The number of fused-ring (bicyclic) bond motifs is 1. The summed E-state index contributed by atoms with van der Waals surface area (Å²) in [5.41, 5.74) is 2.04. The van der Waals surface area contributed by atoms with Gasteiger partial charge in [0.25, 0.3) is 5.91 Å². The van der Waals surface area contributed by atoms with Gasteiger partial charge in [0.05, 0.1) is 6.04 Å². The molecular formula is C20H24N2O2S. The number of thiophene rings is 1. The average Bonchev–Trinajstić information content (AvgIpc) is 3.03. The van der Waals surface area contributed by atoms with E-state index in [1.54, 1.807) is 17.4 Å². The van der Waals surface area contributed by atoms with Crippen molar-refractivity contribution in [1.82, 2.24) is 4.90 Å². The van der Waals surface area contributed by atoms with Crippen molar-refractivity contribution < 1.29 is 9.59 Å². The molecular weight excluding hydrogens is 332 g/mol. The zero-order valence-electron chi connectivity index (χ0n) is 15.1. The molecule has 2 aromatic rings. The van der Waals surface area contributed by atoms with Crippen LogP contribution in [0.1, 0.15) is 54.5 Å². The highest BCUT2D eigenvalue weighted by Gasteiger charge is 2.29. The van der Waals surface area contributed by atoms with Crippen LogP contribution >= 0.6 is 11.3 Å². The fourth-order valence-electron chi connectivity index (χ4n) is 3.00. The molecule has 1 N–H and O–H groups in total. The molecule has 1 aliphatic rings. The number of benzene rings is 1. The van der Waals surface area contributed by atoms with Crippen molar-refractivity contribution in [2.45, 2.75) is 40.2 Å². The van der Waals surface area contributed by atoms with Gasteiger partial charge in [-0.2, -0.15) is 0 Å². The highest BCUT2D eigenvalue weighted by Crippen LogP contribution is 2.33. The van der Waals surface area contributed by atoms with Crippen LogP contribution in [-0.2, 0) is 11.2 Å². The number of hydrogen-bond donors (Lipinski definition) is 1. The van der Waals surface area contributed by atoms with E-state index >= 15 is 0 Å². The molecule has 1 aromatic heterocycles. The van der Waals surface area contributed by atoms with Crippen molar-refractivity contribution in [2.75, 3.05) is 11.9 Å². The molecule has 0 saturated carbocycles. The topological polar surface area (TPSA) is 49.4 Å². The van der Waals surface area contributed by atoms with Crippen molar-refractivity contribution in [3.63, 3.8) is 0 Å². The predicted octanol–water partition coefficient (Wildman–Crippen LogP) is 4.49. The lowest BCUT2D eigenvalue weighted by Gasteiger charge is -2.33. The molecule has 25 heavy (non-hydrogen) atoms. The number of hydrogen-bond acceptors (Lipinski definition) is 3. The second-order valence-electron chi connectivity index (χ2n) is 7.51. The molecule has 1 aliphatic heterocycles. The van der Waals surface area contributed by atoms with Gasteiger partial charge in [-0.3, -0.25) is 9.59 Å². The van der Waals surface area contributed by atoms with E-state index in [4.69, 9.17) is 0 Å². The molecule has 2 heterocycles. The van der Waals surface area contributed by atoms with Crippen LogP contribution in [0, 0.1) is 5.41 Å². The third-order valence-electron chi connectivity index (χ3n) is 4.59. The van der Waals surface area contributed by atoms with Gasteiger partial charge in [-0.15, -0.1) is 11.3 Å². The van der Waals surface area contributed by atoms with Gasteiger partial charge in [0.15, 0.2) is 0 Å². The molecule has 1 unspecified atom stereocenters. The molecule has 1 atom stereocenters. The van der Waals surface area contributed by atoms with Crippen LogP contribution < -0.4 is 5.32 Å². The first kappa shape index (κ1) is 17.7. The average molecular weight is 356 g/mol. The van der Waals surface area contributed by atoms with Gasteiger partial charge in [0.1, 0.15) is 0 Å². The van der Waals surface area contributed by atoms with Crippen LogP contribution in [-0.4, -0.2) is 23.3 Å². The summed E-state index contributed by atoms with van der Waals surface area (Å²) >= 11 is 1.76. The second kappa shape index (κ2) is 6.64. The van der Waals surface area contributed by atoms with Crippen LogP contribution in [0.4, 0.5) is 5.69 Å². The fraction of sp³-hybridized carbons (Fsp3) is 0.400. The summed E-state index contributed by atoms with van der Waals surface area (Å²) in [6.45, 7) is 8.40. The third-order valence-corrected chi connectivity index (χ3v) is 5.58. The van der Waals surface area contributed by atoms with Crippen molar-refractivity contribution in [3.05, 3.63) is 51.7 Å². The number of carbonyl (C=O) groups is 2. The zero-order chi connectivity index (χ0) is 18.2. The first-order valence-corrected chi connectivity index (χ1v) is 9.44. The van der Waals surface area contributed by atoms with Crippen molar-refractivity contribution in [3.8, 4) is 0 Å². The maximum absolute atomic E-state index is 13.0. The largest absolute Gasteiger partial charge is 0.331 e. The van der Waals surface area contributed by atoms with Crippen LogP contribution in [0.2, 0.25) is 0 Å². The van der Waals surface area contributed by atoms with E-state index in [-0.39, 0.29) is 17.9 Å². The smallest absolute Gasteiger partial charge is 0.254 e. The molecule has 0 aliphatic carbocycles. The maximum Gasteiger partial charge on any atom is 0.254 e. The highest BCUT2D eigenvalue weighted by atomic mass is 32.1. The summed E-state index contributed by atoms with van der Waals surface area (Å²) in [6, 6.07) is 9.40. The highest BCUT2D eigenvalue weighted by molar-refractivity contribution is 7.10. The quantitative estimate of drug-likeness (QED) is 0.862. The normalized spacial score (nSPS) is 17.1. The number of rotatable bonds is 2. The van der Waals surface area contributed by atoms with Gasteiger partial charge in [-0.05, 0) is 48.6 Å². The Morgan fingerprint density at radius 3 is 2.72 bits per heavy atom. The van der Waals surface area contributed by atoms with Gasteiger partial charge < -0.3 is 10.2 Å². The van der Waals surface area contributed by atoms with Crippen LogP contribution in [0.5, 0.6) is 0 Å². The molecule has 0 radical (unpaired) electrons. The number of nitrogens with zero attached hydrogens (tertiary/aromatic N) is 1. The number of nitrogens with one attached hydrogen (secondary N) is 1.